The molecule has 3 aromatic rings. The predicted octanol–water partition coefficient (Wildman–Crippen LogP) is 3.78. The predicted molar refractivity (Wildman–Crippen MR) is 90.9 cm³/mol. The molecule has 0 aliphatic carbocycles. The van der Waals surface area contributed by atoms with E-state index in [9.17, 15) is 4.79 Å². The molecule has 0 amide bonds. The second kappa shape index (κ2) is 6.40. The first-order valence-electron chi connectivity index (χ1n) is 7.39. The van der Waals surface area contributed by atoms with E-state index in [1.54, 1.807) is 0 Å². The highest BCUT2D eigenvalue weighted by molar-refractivity contribution is 6.27. The highest BCUT2D eigenvalue weighted by Crippen LogP contribution is 2.18. The molecule has 23 heavy (non-hydrogen) atoms. The van der Waals surface area contributed by atoms with Crippen molar-refractivity contribution in [1.82, 2.24) is 14.8 Å². The first-order valence-corrected chi connectivity index (χ1v) is 7.39. The quantitative estimate of drug-likeness (QED) is 0.544. The van der Waals surface area contributed by atoms with E-state index in [4.69, 9.17) is 0 Å². The first kappa shape index (κ1) is 14.9. The first-order chi connectivity index (χ1) is 11.1. The van der Waals surface area contributed by atoms with Crippen LogP contribution >= 0.6 is 0 Å². The summed E-state index contributed by atoms with van der Waals surface area (Å²) in [5.41, 5.74) is 4.31. The van der Waals surface area contributed by atoms with Gasteiger partial charge in [-0.1, -0.05) is 42.5 Å². The molecular formula is C19H17N3O. The number of aryl methyl sites for hydroxylation is 2. The van der Waals surface area contributed by atoms with Crippen LogP contribution in [-0.4, -0.2) is 20.5 Å². The Morgan fingerprint density at radius 2 is 1.83 bits per heavy atom. The fourth-order valence-corrected chi connectivity index (χ4v) is 2.31. The average Bonchev–Trinajstić information content (AvgIpc) is 3.10. The third kappa shape index (κ3) is 3.26. The Kier molecular flexibility index (Phi) is 4.15. The van der Waals surface area contributed by atoms with Crippen LogP contribution < -0.4 is 0 Å². The van der Waals surface area contributed by atoms with Gasteiger partial charge in [0.25, 0.3) is 0 Å². The molecule has 0 spiro atoms. The fraction of sp³-hybridized carbons (Fsp3) is 0.105. The number of rotatable bonds is 4. The Bertz CT molecular complexity index is 850. The molecule has 0 atom stereocenters. The second-order valence-corrected chi connectivity index (χ2v) is 5.41. The van der Waals surface area contributed by atoms with Crippen LogP contribution in [0.3, 0.4) is 0 Å². The number of allylic oxidation sites excluding steroid dienone is 1. The minimum atomic E-state index is -0.0811. The molecule has 1 aromatic heterocycles. The van der Waals surface area contributed by atoms with Gasteiger partial charge in [-0.15, -0.1) is 0 Å². The Balaban J connectivity index is 2.07. The van der Waals surface area contributed by atoms with Crippen molar-refractivity contribution in [2.24, 2.45) is 0 Å². The van der Waals surface area contributed by atoms with Crippen LogP contribution in [0.25, 0.3) is 11.8 Å². The molecule has 0 saturated carbocycles. The number of hydrogen-bond acceptors (Lipinski definition) is 3. The summed E-state index contributed by atoms with van der Waals surface area (Å²) in [6.45, 7) is 4.03. The molecular weight excluding hydrogens is 286 g/mol. The van der Waals surface area contributed by atoms with E-state index in [1.807, 2.05) is 68.5 Å². The number of aromatic nitrogens is 3. The van der Waals surface area contributed by atoms with Gasteiger partial charge in [-0.25, -0.2) is 9.67 Å². The highest BCUT2D eigenvalue weighted by Gasteiger charge is 2.15. The number of carbonyl (C=O) groups is 1. The number of carbonyl (C=O) groups excluding carboxylic acids is 1. The summed E-state index contributed by atoms with van der Waals surface area (Å²) in [6, 6.07) is 15.4. The zero-order chi connectivity index (χ0) is 16.2. The molecule has 2 aromatic carbocycles. The van der Waals surface area contributed by atoms with Gasteiger partial charge in [-0.2, -0.15) is 5.10 Å². The van der Waals surface area contributed by atoms with Gasteiger partial charge in [0, 0.05) is 5.56 Å². The van der Waals surface area contributed by atoms with Crippen molar-refractivity contribution < 1.29 is 4.79 Å². The van der Waals surface area contributed by atoms with Crippen molar-refractivity contribution in [1.29, 1.82) is 0 Å². The van der Waals surface area contributed by atoms with Crippen LogP contribution in [0.5, 0.6) is 0 Å². The molecule has 3 rings (SSSR count). The van der Waals surface area contributed by atoms with Crippen LogP contribution in [0, 0.1) is 13.8 Å². The second-order valence-electron chi connectivity index (χ2n) is 5.41. The maximum absolute atomic E-state index is 13.0. The van der Waals surface area contributed by atoms with Crippen molar-refractivity contribution in [2.45, 2.75) is 13.8 Å². The van der Waals surface area contributed by atoms with E-state index in [1.165, 1.54) is 17.3 Å². The number of Topliss-reactive ketones (excluding diaryl/α,β-unsaturated/α-hetero) is 1. The van der Waals surface area contributed by atoms with Gasteiger partial charge in [-0.3, -0.25) is 4.79 Å². The Hall–Kier alpha value is -3.01. The summed E-state index contributed by atoms with van der Waals surface area (Å²) in [4.78, 5) is 16.9. The standard InChI is InChI=1S/C19H17N3O/c1-14-8-9-17(10-15(14)2)19(23)18(22-13-20-12-21-22)11-16-6-4-3-5-7-16/h3-13H,1-2H3/b18-11-. The SMILES string of the molecule is Cc1ccc(C(=O)/C(=C/c2ccccc2)n2cncn2)cc1C. The summed E-state index contributed by atoms with van der Waals surface area (Å²) >= 11 is 0. The van der Waals surface area contributed by atoms with E-state index in [0.717, 1.165) is 16.7 Å². The van der Waals surface area contributed by atoms with Gasteiger partial charge in [0.2, 0.25) is 5.78 Å². The number of nitrogens with zero attached hydrogens (tertiary/aromatic N) is 3. The van der Waals surface area contributed by atoms with Crippen LogP contribution in [0.4, 0.5) is 0 Å². The van der Waals surface area contributed by atoms with Crippen LogP contribution in [-0.2, 0) is 0 Å². The van der Waals surface area contributed by atoms with Gasteiger partial charge < -0.3 is 0 Å². The molecule has 0 saturated heterocycles. The van der Waals surface area contributed by atoms with Crippen molar-refractivity contribution in [3.63, 3.8) is 0 Å². The third-order valence-electron chi connectivity index (χ3n) is 3.77. The Labute approximate surface area is 135 Å². The zero-order valence-electron chi connectivity index (χ0n) is 13.1. The minimum absolute atomic E-state index is 0.0811. The molecule has 114 valence electrons. The lowest BCUT2D eigenvalue weighted by molar-refractivity contribution is 0.105. The van der Waals surface area contributed by atoms with Crippen LogP contribution in [0.15, 0.2) is 61.2 Å². The number of hydrogen-bond donors (Lipinski definition) is 0. The average molecular weight is 303 g/mol. The minimum Gasteiger partial charge on any atom is -0.287 e. The maximum atomic E-state index is 13.0. The summed E-state index contributed by atoms with van der Waals surface area (Å²) < 4.78 is 1.50. The van der Waals surface area contributed by atoms with E-state index >= 15 is 0 Å². The molecule has 4 heteroatoms. The zero-order valence-corrected chi connectivity index (χ0v) is 13.1. The van der Waals surface area contributed by atoms with Crippen molar-refractivity contribution in [3.8, 4) is 0 Å². The maximum Gasteiger partial charge on any atom is 0.211 e. The summed E-state index contributed by atoms with van der Waals surface area (Å²) in [5.74, 6) is -0.0811. The molecule has 0 unspecified atom stereocenters. The molecule has 0 fully saturated rings. The topological polar surface area (TPSA) is 47.8 Å². The lowest BCUT2D eigenvalue weighted by Crippen LogP contribution is -2.10. The van der Waals surface area contributed by atoms with Gasteiger partial charge in [-0.05, 0) is 42.7 Å². The van der Waals surface area contributed by atoms with E-state index in [2.05, 4.69) is 10.1 Å². The lowest BCUT2D eigenvalue weighted by Gasteiger charge is -2.09. The van der Waals surface area contributed by atoms with Gasteiger partial charge in [0.05, 0.1) is 0 Å². The van der Waals surface area contributed by atoms with E-state index < -0.39 is 0 Å². The van der Waals surface area contributed by atoms with Crippen LogP contribution in [0.2, 0.25) is 0 Å². The Morgan fingerprint density at radius 3 is 2.48 bits per heavy atom. The van der Waals surface area contributed by atoms with Crippen LogP contribution in [0.1, 0.15) is 27.0 Å². The van der Waals surface area contributed by atoms with Gasteiger partial charge in [0.1, 0.15) is 18.4 Å². The Morgan fingerprint density at radius 1 is 1.04 bits per heavy atom. The summed E-state index contributed by atoms with van der Waals surface area (Å²) in [5, 5.41) is 4.12. The molecule has 0 bridgehead atoms. The molecule has 0 N–H and O–H groups in total. The molecule has 0 radical (unpaired) electrons. The van der Waals surface area contributed by atoms with Crippen molar-refractivity contribution >= 4 is 17.6 Å². The monoisotopic (exact) mass is 303 g/mol. The van der Waals surface area contributed by atoms with E-state index in [0.29, 0.717) is 11.3 Å². The van der Waals surface area contributed by atoms with Gasteiger partial charge in [0.15, 0.2) is 0 Å². The smallest absolute Gasteiger partial charge is 0.211 e. The number of ketones is 1. The molecule has 4 nitrogen and oxygen atoms in total. The normalized spacial score (nSPS) is 11.5. The fourth-order valence-electron chi connectivity index (χ4n) is 2.31. The van der Waals surface area contributed by atoms with E-state index in [-0.39, 0.29) is 5.78 Å². The molecule has 0 aliphatic heterocycles. The third-order valence-corrected chi connectivity index (χ3v) is 3.77. The lowest BCUT2D eigenvalue weighted by atomic mass is 10.0. The largest absolute Gasteiger partial charge is 0.287 e. The van der Waals surface area contributed by atoms with Crippen molar-refractivity contribution in [3.05, 3.63) is 83.4 Å². The summed E-state index contributed by atoms with van der Waals surface area (Å²) in [6.07, 6.45) is 4.78. The summed E-state index contributed by atoms with van der Waals surface area (Å²) in [7, 11) is 0. The van der Waals surface area contributed by atoms with Crippen molar-refractivity contribution in [2.75, 3.05) is 0 Å². The van der Waals surface area contributed by atoms with Gasteiger partial charge >= 0.3 is 0 Å². The highest BCUT2D eigenvalue weighted by atomic mass is 16.1. The number of benzene rings is 2. The molecule has 0 aliphatic rings. The molecule has 1 heterocycles.